The normalized spacial score (nSPS) is 19.6. The maximum Gasteiger partial charge on any atom is 0.495 e. The Kier molecular flexibility index (Phi) is 33.0. The predicted octanol–water partition coefficient (Wildman–Crippen LogP) is 26.2. The number of ether oxygens (including phenoxy) is 4. The fourth-order valence-corrected chi connectivity index (χ4v) is 27.9. The summed E-state index contributed by atoms with van der Waals surface area (Å²) in [5.74, 6) is 4.64. The van der Waals surface area contributed by atoms with Crippen LogP contribution < -0.4 is 24.4 Å². The van der Waals surface area contributed by atoms with Crippen molar-refractivity contribution in [2.45, 2.75) is 246 Å². The minimum Gasteiger partial charge on any atom is -0.490 e. The lowest BCUT2D eigenvalue weighted by Crippen LogP contribution is -2.43. The van der Waals surface area contributed by atoms with Gasteiger partial charge in [0.05, 0.1) is 106 Å². The lowest BCUT2D eigenvalue weighted by Gasteiger charge is -2.37. The van der Waals surface area contributed by atoms with Crippen LogP contribution in [0.15, 0.2) is 198 Å². The smallest absolute Gasteiger partial charge is 0.490 e. The summed E-state index contributed by atoms with van der Waals surface area (Å²) in [6, 6.07) is 75.2. The molecule has 12 aromatic rings. The van der Waals surface area contributed by atoms with Gasteiger partial charge in [0.2, 0.25) is 23.6 Å². The molecule has 8 unspecified atom stereocenters. The first-order valence-corrected chi connectivity index (χ1v) is 59.0. The molecule has 772 valence electrons. The molecule has 21 rings (SSSR count). The first kappa shape index (κ1) is 108. The molecule has 2 N–H and O–H groups in total. The number of hydrogen-bond acceptors (Lipinski definition) is 21. The molecule has 0 bridgehead atoms. The van der Waals surface area contributed by atoms with E-state index in [0.29, 0.717) is 115 Å². The minimum absolute atomic E-state index is 0.00997. The van der Waals surface area contributed by atoms with Gasteiger partial charge in [-0.15, -0.1) is 45.3 Å². The Labute approximate surface area is 902 Å². The second-order valence-electron chi connectivity index (χ2n) is 43.5. The van der Waals surface area contributed by atoms with Crippen LogP contribution in [0.1, 0.15) is 234 Å². The third kappa shape index (κ3) is 22.8. The Bertz CT molecular complexity index is 6730. The van der Waals surface area contributed by atoms with Crippen molar-refractivity contribution in [3.63, 3.8) is 0 Å². The van der Waals surface area contributed by atoms with E-state index >= 15 is 0 Å². The van der Waals surface area contributed by atoms with Gasteiger partial charge >= 0.3 is 7.12 Å². The number of amides is 4. The Morgan fingerprint density at radius 3 is 0.987 bits per heavy atom. The summed E-state index contributed by atoms with van der Waals surface area (Å²) in [4.78, 5) is 66.2. The van der Waals surface area contributed by atoms with Crippen molar-refractivity contribution >= 4 is 106 Å². The van der Waals surface area contributed by atoms with Crippen LogP contribution in [0.3, 0.4) is 0 Å². The molecular formula is C121H132BBrN8O13S4Si. The van der Waals surface area contributed by atoms with Gasteiger partial charge in [-0.3, -0.25) is 19.2 Å². The average molecular weight is 2150 g/mol. The molecule has 8 aromatic carbocycles. The van der Waals surface area contributed by atoms with Crippen molar-refractivity contribution in [3.05, 3.63) is 265 Å². The van der Waals surface area contributed by atoms with Crippen LogP contribution in [0.5, 0.6) is 23.0 Å². The number of nitriles is 4. The monoisotopic (exact) mass is 2150 g/mol. The summed E-state index contributed by atoms with van der Waals surface area (Å²) in [5.41, 5.74) is 20.8. The minimum atomic E-state index is -1.83. The number of aliphatic hydroxyl groups is 2. The summed E-state index contributed by atoms with van der Waals surface area (Å²) in [5, 5.41) is 57.0. The highest BCUT2D eigenvalue weighted by molar-refractivity contribution is 9.11. The Balaban J connectivity index is 0.000000128. The van der Waals surface area contributed by atoms with Crippen molar-refractivity contribution in [3.8, 4) is 120 Å². The van der Waals surface area contributed by atoms with Crippen LogP contribution in [0.2, 0.25) is 18.1 Å². The number of benzene rings is 8. The van der Waals surface area contributed by atoms with Gasteiger partial charge in [-0.05, 0) is 383 Å². The Morgan fingerprint density at radius 1 is 0.403 bits per heavy atom. The van der Waals surface area contributed by atoms with Gasteiger partial charge in [0.15, 0.2) is 8.32 Å². The number of aliphatic hydroxyl groups excluding tert-OH is 2. The molecule has 21 nitrogen and oxygen atoms in total. The molecule has 4 amide bonds. The highest BCUT2D eigenvalue weighted by atomic mass is 79.9. The van der Waals surface area contributed by atoms with E-state index in [1.54, 1.807) is 45.3 Å². The van der Waals surface area contributed by atoms with Gasteiger partial charge in [0.1, 0.15) is 47.3 Å². The number of hydrogen-bond donors (Lipinski definition) is 2. The molecule has 0 saturated carbocycles. The molecule has 149 heavy (non-hydrogen) atoms. The number of rotatable bonds is 26. The molecular weight excluding hydrogens is 2020 g/mol. The van der Waals surface area contributed by atoms with Gasteiger partial charge in [-0.25, -0.2) is 0 Å². The average Bonchev–Trinajstić information content (AvgIpc) is 1.58. The van der Waals surface area contributed by atoms with Crippen molar-refractivity contribution in [2.75, 3.05) is 46.0 Å². The van der Waals surface area contributed by atoms with Crippen molar-refractivity contribution in [1.29, 1.82) is 21.0 Å². The highest BCUT2D eigenvalue weighted by Crippen LogP contribution is 2.56. The molecule has 5 aliphatic heterocycles. The summed E-state index contributed by atoms with van der Waals surface area (Å²) in [6.45, 7) is 40.3. The number of likely N-dealkylation sites (tertiary alicyclic amines) is 4. The van der Waals surface area contributed by atoms with E-state index in [4.69, 9.17) is 32.7 Å². The third-order valence-corrected chi connectivity index (χ3v) is 40.3. The number of thiophene rings is 4. The lowest BCUT2D eigenvalue weighted by atomic mass is 9.74. The summed E-state index contributed by atoms with van der Waals surface area (Å²) < 4.78 is 43.1. The highest BCUT2D eigenvalue weighted by Gasteiger charge is 2.56. The Hall–Kier alpha value is -11.8. The van der Waals surface area contributed by atoms with E-state index in [1.165, 1.54) is 75.8 Å². The SMILES string of the molecule is CC(C)Oc1ccc(-c2ccc(-c3cccc4c3CC3CC(=O)N(CCO)C43)s2)cc1C#N.CC(C)Oc1ccc(-c2ccc(-c3cccc4c3CC3CC(=O)N(CCO)C43)s2)cc1C#N.CC(C)Oc1ccc(-c2ccc(Br)s2)cc1C#N.CC1(C)OB(c2cccc3c2CC2CC(=O)N(CCO[Si](C)(C)C(C)(C)C)C32)OC1(C)C.CCCN1C(=O)CC2Cc3c(-c4ccc(-c5ccc(OC(C)C)c(C#N)c5)s4)cccc3C21. The van der Waals surface area contributed by atoms with Crippen LogP contribution >= 0.6 is 61.3 Å². The molecule has 28 heteroatoms. The first-order chi connectivity index (χ1) is 71.2. The molecule has 5 fully saturated rings. The molecule has 5 saturated heterocycles. The fraction of sp³-hybridized carbons (Fsp3) is 0.405. The Morgan fingerprint density at radius 2 is 0.691 bits per heavy atom. The third-order valence-electron chi connectivity index (χ3n) is 30.6. The number of β-amino-alcohol motifs (C(OH)–C–C–N with tert-alkyl or cyclic N) is 2. The first-order valence-electron chi connectivity index (χ1n) is 52.0. The molecule has 4 aromatic heterocycles. The van der Waals surface area contributed by atoms with Crippen molar-refractivity contribution in [2.24, 2.45) is 23.7 Å². The van der Waals surface area contributed by atoms with Crippen LogP contribution in [-0.2, 0) is 58.6 Å². The topological polar surface area (TPSA) is 281 Å². The second kappa shape index (κ2) is 45.4. The standard InChI is InChI=1S/C28H28N2O2S.2C27H26N2O3S.C25H40BNO4Si.C14H12BrNOS/c1-4-12-30-27(31)15-19-14-23-21(6-5-7-22(23)28(19)30)26-11-10-25(33-26)18-8-9-24(32-17(2)3)20(13-18)16-29;2*1-16(2)32-23-7-6-17(12-19(23)15-28)24-8-9-25(33-24)20-4-3-5-21-22(20)13-18-14-26(31)29(10-11-30)27(18)21;1-23(2,3)32(8,9)29-14-13-27-21(28)16-17-15-19-18(22(17)27)11-10-12-20(19)26-30-24(4,5)25(6,7)31-26;1-9(2)17-12-4-3-10(7-11(12)8-16)13-5-6-14(15)18-13/h5-11,13,17,19,28H,4,12,14-15H2,1-3H3;2*3-9,12,16,18,27,30H,10-11,13-14H2,1-2H3;10-12,17,22H,13-16H2,1-9H3;3-7,9H,1-2H3. The molecule has 8 atom stereocenters. The second-order valence-corrected chi connectivity index (χ2v) is 54.1. The van der Waals surface area contributed by atoms with E-state index in [-0.39, 0.29) is 115 Å². The lowest BCUT2D eigenvalue weighted by molar-refractivity contribution is -0.130. The number of carbonyl (C=O) groups excluding carboxylic acids is 4. The van der Waals surface area contributed by atoms with Gasteiger partial charge in [-0.1, -0.05) is 100 Å². The largest absolute Gasteiger partial charge is 0.495 e. The van der Waals surface area contributed by atoms with E-state index in [1.807, 2.05) is 150 Å². The maximum absolute atomic E-state index is 12.9. The zero-order chi connectivity index (χ0) is 106. The number of halogens is 1. The van der Waals surface area contributed by atoms with Gasteiger partial charge < -0.3 is 62.5 Å². The zero-order valence-electron chi connectivity index (χ0n) is 88.3. The number of carbonyl (C=O) groups is 4. The van der Waals surface area contributed by atoms with E-state index in [0.717, 1.165) is 89.7 Å². The van der Waals surface area contributed by atoms with Crippen LogP contribution in [0.25, 0.3) is 73.1 Å². The number of nitrogens with zero attached hydrogens (tertiary/aromatic N) is 8. The van der Waals surface area contributed by atoms with E-state index in [2.05, 4.69) is 228 Å². The molecule has 0 spiro atoms. The van der Waals surface area contributed by atoms with Gasteiger partial charge in [0, 0.05) is 86.0 Å². The van der Waals surface area contributed by atoms with Gasteiger partial charge in [-0.2, -0.15) is 21.0 Å². The van der Waals surface area contributed by atoms with Gasteiger partial charge in [0.25, 0.3) is 0 Å². The quantitative estimate of drug-likeness (QED) is 0.0476. The number of fused-ring (bicyclic) bond motifs is 12. The summed E-state index contributed by atoms with van der Waals surface area (Å²) >= 11 is 10.3. The van der Waals surface area contributed by atoms with E-state index < -0.39 is 8.32 Å². The zero-order valence-corrected chi connectivity index (χ0v) is 94.1. The van der Waals surface area contributed by atoms with Crippen molar-refractivity contribution < 1.29 is 62.1 Å². The molecule has 9 heterocycles. The van der Waals surface area contributed by atoms with Crippen molar-refractivity contribution in [1.82, 2.24) is 19.6 Å². The van der Waals surface area contributed by atoms with E-state index in [9.17, 15) is 50.4 Å². The summed E-state index contributed by atoms with van der Waals surface area (Å²) in [7, 11) is -2.19. The van der Waals surface area contributed by atoms with Crippen LogP contribution in [-0.4, -0.2) is 150 Å². The van der Waals surface area contributed by atoms with Crippen LogP contribution in [0, 0.1) is 69.0 Å². The molecule has 0 radical (unpaired) electrons. The predicted molar refractivity (Wildman–Crippen MR) is 600 cm³/mol. The maximum atomic E-state index is 12.9. The van der Waals surface area contributed by atoms with Crippen LogP contribution in [0.4, 0.5) is 0 Å². The fourth-order valence-electron chi connectivity index (χ4n) is 22.3. The molecule has 4 aliphatic carbocycles. The summed E-state index contributed by atoms with van der Waals surface area (Å²) in [6.07, 6.45) is 7.14. The molecule has 9 aliphatic rings.